The van der Waals surface area contributed by atoms with Gasteiger partial charge in [0.1, 0.15) is 5.69 Å². The maximum Gasteiger partial charge on any atom is 0.269 e. The van der Waals surface area contributed by atoms with Gasteiger partial charge in [-0.05, 0) is 49.3 Å². The normalized spacial score (nSPS) is 21.9. The summed E-state index contributed by atoms with van der Waals surface area (Å²) in [6.45, 7) is 12.7. The van der Waals surface area contributed by atoms with Gasteiger partial charge in [-0.2, -0.15) is 0 Å². The Hall–Kier alpha value is -1.66. The number of likely N-dealkylation sites (tertiary alicyclic amines) is 1. The number of amides is 1. The van der Waals surface area contributed by atoms with Crippen LogP contribution in [0.25, 0.3) is 0 Å². The first kappa shape index (κ1) is 21.1. The van der Waals surface area contributed by atoms with Crippen molar-refractivity contribution in [3.05, 3.63) is 24.0 Å². The second-order valence-corrected chi connectivity index (χ2v) is 9.22. The number of pyridine rings is 1. The highest BCUT2D eigenvalue weighted by Gasteiger charge is 2.35. The first-order chi connectivity index (χ1) is 13.4. The Balaban J connectivity index is 1.48. The Bertz CT molecular complexity index is 633. The number of aromatic nitrogens is 1. The highest BCUT2D eigenvalue weighted by Crippen LogP contribution is 2.35. The van der Waals surface area contributed by atoms with Gasteiger partial charge in [-0.1, -0.05) is 20.8 Å². The molecule has 0 radical (unpaired) electrons. The van der Waals surface area contributed by atoms with E-state index in [1.54, 1.807) is 7.11 Å². The number of methoxy groups -OCH3 is 1. The van der Waals surface area contributed by atoms with Crippen molar-refractivity contribution in [2.75, 3.05) is 51.3 Å². The predicted octanol–water partition coefficient (Wildman–Crippen LogP) is 2.79. The third-order valence-electron chi connectivity index (χ3n) is 6.36. The fourth-order valence-corrected chi connectivity index (χ4v) is 4.38. The maximum atomic E-state index is 12.0. The minimum Gasteiger partial charge on any atom is -0.383 e. The molecule has 3 heterocycles. The Labute approximate surface area is 169 Å². The number of hydrogen-bond acceptors (Lipinski definition) is 5. The number of ether oxygens (including phenoxy) is 1. The zero-order chi connectivity index (χ0) is 20.1. The zero-order valence-corrected chi connectivity index (χ0v) is 17.9. The molecule has 0 aliphatic carbocycles. The molecule has 6 nitrogen and oxygen atoms in total. The molecule has 1 aromatic heterocycles. The number of nitrogens with zero attached hydrogens (tertiary/aromatic N) is 3. The van der Waals surface area contributed by atoms with E-state index in [1.807, 2.05) is 18.3 Å². The minimum absolute atomic E-state index is 0.148. The van der Waals surface area contributed by atoms with Crippen LogP contribution in [0.5, 0.6) is 0 Å². The van der Waals surface area contributed by atoms with E-state index in [2.05, 4.69) is 40.9 Å². The van der Waals surface area contributed by atoms with Crippen LogP contribution in [0.2, 0.25) is 0 Å². The lowest BCUT2D eigenvalue weighted by Gasteiger charge is -2.38. The first-order valence-corrected chi connectivity index (χ1v) is 10.6. The summed E-state index contributed by atoms with van der Waals surface area (Å²) in [5.41, 5.74) is 1.99. The molecule has 156 valence electrons. The summed E-state index contributed by atoms with van der Waals surface area (Å²) < 4.78 is 4.95. The molecule has 0 spiro atoms. The van der Waals surface area contributed by atoms with Crippen molar-refractivity contribution >= 4 is 11.6 Å². The van der Waals surface area contributed by atoms with Gasteiger partial charge < -0.3 is 15.0 Å². The fourth-order valence-electron chi connectivity index (χ4n) is 4.38. The maximum absolute atomic E-state index is 12.0. The number of hydrogen-bond donors (Lipinski definition) is 1. The summed E-state index contributed by atoms with van der Waals surface area (Å²) in [7, 11) is 1.62. The molecule has 2 fully saturated rings. The monoisotopic (exact) mass is 388 g/mol. The van der Waals surface area contributed by atoms with Crippen LogP contribution in [0.3, 0.4) is 0 Å². The smallest absolute Gasteiger partial charge is 0.269 e. The summed E-state index contributed by atoms with van der Waals surface area (Å²) >= 11 is 0. The van der Waals surface area contributed by atoms with Crippen molar-refractivity contribution in [2.45, 2.75) is 46.1 Å². The Morgan fingerprint density at radius 3 is 2.54 bits per heavy atom. The topological polar surface area (TPSA) is 57.7 Å². The third kappa shape index (κ3) is 5.23. The summed E-state index contributed by atoms with van der Waals surface area (Å²) in [6.07, 6.45) is 5.57. The van der Waals surface area contributed by atoms with Crippen LogP contribution >= 0.6 is 0 Å². The van der Waals surface area contributed by atoms with Gasteiger partial charge in [0.2, 0.25) is 0 Å². The van der Waals surface area contributed by atoms with Gasteiger partial charge in [-0.3, -0.25) is 9.69 Å². The highest BCUT2D eigenvalue weighted by molar-refractivity contribution is 5.92. The van der Waals surface area contributed by atoms with E-state index in [1.165, 1.54) is 32.4 Å². The summed E-state index contributed by atoms with van der Waals surface area (Å²) in [6, 6.07) is 4.55. The van der Waals surface area contributed by atoms with Crippen LogP contribution in [-0.4, -0.2) is 68.3 Å². The van der Waals surface area contributed by atoms with Crippen molar-refractivity contribution in [1.82, 2.24) is 15.2 Å². The quantitative estimate of drug-likeness (QED) is 0.760. The summed E-state index contributed by atoms with van der Waals surface area (Å²) in [5, 5.41) is 2.80. The lowest BCUT2D eigenvalue weighted by molar-refractivity contribution is 0.0932. The Morgan fingerprint density at radius 2 is 1.96 bits per heavy atom. The molecule has 0 aromatic carbocycles. The van der Waals surface area contributed by atoms with Gasteiger partial charge in [-0.25, -0.2) is 4.98 Å². The molecule has 3 rings (SSSR count). The van der Waals surface area contributed by atoms with Gasteiger partial charge in [0, 0.05) is 39.3 Å². The number of carbonyl (C=O) groups excluding carboxylic acids is 1. The van der Waals surface area contributed by atoms with E-state index in [0.717, 1.165) is 24.7 Å². The largest absolute Gasteiger partial charge is 0.383 e. The molecule has 2 aliphatic heterocycles. The fraction of sp³-hybridized carbons (Fsp3) is 0.727. The van der Waals surface area contributed by atoms with Crippen molar-refractivity contribution in [2.24, 2.45) is 11.3 Å². The zero-order valence-electron chi connectivity index (χ0n) is 17.9. The Morgan fingerprint density at radius 1 is 1.21 bits per heavy atom. The standard InChI is InChI=1S/C22H36N4O2/c1-22(2,3)17-7-11-26(16-17)18-8-12-25(13-9-18)19-5-6-20(24-15-19)21(27)23-10-14-28-4/h5-6,15,17-18H,7-14,16H2,1-4H3,(H,23,27). The molecule has 1 unspecified atom stereocenters. The van der Waals surface area contributed by atoms with Crippen molar-refractivity contribution in [3.63, 3.8) is 0 Å². The summed E-state index contributed by atoms with van der Waals surface area (Å²) in [4.78, 5) is 21.5. The second kappa shape index (κ2) is 9.23. The first-order valence-electron chi connectivity index (χ1n) is 10.6. The Kier molecular flexibility index (Phi) is 6.94. The SMILES string of the molecule is COCCNC(=O)c1ccc(N2CCC(N3CCC(C(C)(C)C)C3)CC2)cn1. The lowest BCUT2D eigenvalue weighted by atomic mass is 9.80. The number of anilines is 1. The predicted molar refractivity (Wildman–Crippen MR) is 113 cm³/mol. The minimum atomic E-state index is -0.148. The van der Waals surface area contributed by atoms with E-state index in [-0.39, 0.29) is 5.91 Å². The van der Waals surface area contributed by atoms with E-state index in [9.17, 15) is 4.79 Å². The number of rotatable bonds is 6. The second-order valence-electron chi connectivity index (χ2n) is 9.22. The molecular weight excluding hydrogens is 352 g/mol. The molecule has 0 bridgehead atoms. The summed E-state index contributed by atoms with van der Waals surface area (Å²) in [5.74, 6) is 0.669. The molecule has 2 aliphatic rings. The molecule has 1 N–H and O–H groups in total. The average molecular weight is 389 g/mol. The number of piperidine rings is 1. The van der Waals surface area contributed by atoms with Gasteiger partial charge in [0.15, 0.2) is 0 Å². The molecule has 2 saturated heterocycles. The van der Waals surface area contributed by atoms with Crippen molar-refractivity contribution < 1.29 is 9.53 Å². The van der Waals surface area contributed by atoms with Gasteiger partial charge in [-0.15, -0.1) is 0 Å². The van der Waals surface area contributed by atoms with Crippen LogP contribution < -0.4 is 10.2 Å². The van der Waals surface area contributed by atoms with Crippen LogP contribution in [0, 0.1) is 11.3 Å². The van der Waals surface area contributed by atoms with Gasteiger partial charge in [0.05, 0.1) is 18.5 Å². The van der Waals surface area contributed by atoms with E-state index >= 15 is 0 Å². The number of nitrogens with one attached hydrogen (secondary N) is 1. The van der Waals surface area contributed by atoms with Crippen LogP contribution in [-0.2, 0) is 4.74 Å². The molecule has 0 saturated carbocycles. The molecule has 28 heavy (non-hydrogen) atoms. The van der Waals surface area contributed by atoms with Crippen molar-refractivity contribution in [3.8, 4) is 0 Å². The lowest BCUT2D eigenvalue weighted by Crippen LogP contribution is -2.44. The molecule has 6 heteroatoms. The molecule has 1 aromatic rings. The third-order valence-corrected chi connectivity index (χ3v) is 6.36. The van der Waals surface area contributed by atoms with Gasteiger partial charge >= 0.3 is 0 Å². The molecular formula is C22H36N4O2. The van der Waals surface area contributed by atoms with Crippen LogP contribution in [0.1, 0.15) is 50.5 Å². The van der Waals surface area contributed by atoms with E-state index in [4.69, 9.17) is 4.74 Å². The van der Waals surface area contributed by atoms with Crippen molar-refractivity contribution in [1.29, 1.82) is 0 Å². The van der Waals surface area contributed by atoms with E-state index < -0.39 is 0 Å². The van der Waals surface area contributed by atoms with Crippen LogP contribution in [0.15, 0.2) is 18.3 Å². The average Bonchev–Trinajstić information content (AvgIpc) is 3.19. The van der Waals surface area contributed by atoms with Gasteiger partial charge in [0.25, 0.3) is 5.91 Å². The number of carbonyl (C=O) groups is 1. The van der Waals surface area contributed by atoms with E-state index in [0.29, 0.717) is 30.3 Å². The highest BCUT2D eigenvalue weighted by atomic mass is 16.5. The molecule has 1 atom stereocenters. The molecule has 1 amide bonds. The van der Waals surface area contributed by atoms with Crippen LogP contribution in [0.4, 0.5) is 5.69 Å².